The van der Waals surface area contributed by atoms with Crippen LogP contribution in [0.2, 0.25) is 0 Å². The van der Waals surface area contributed by atoms with Crippen LogP contribution in [-0.4, -0.2) is 92.9 Å². The van der Waals surface area contributed by atoms with E-state index in [-0.39, 0.29) is 48.0 Å². The Bertz CT molecular complexity index is 2370. The van der Waals surface area contributed by atoms with Crippen molar-refractivity contribution in [3.05, 3.63) is 89.2 Å². The highest BCUT2D eigenvalue weighted by Crippen LogP contribution is 2.31. The summed E-state index contributed by atoms with van der Waals surface area (Å²) in [6.45, 7) is 14.2. The maximum Gasteiger partial charge on any atom is 0.453 e. The number of rotatable bonds is 12. The number of hydrogen-bond acceptors (Lipinski definition) is 9. The number of hydrogen-bond donors (Lipinski definition) is 5. The molecule has 3 aromatic carbocycles. The largest absolute Gasteiger partial charge is 0.453 e. The highest BCUT2D eigenvalue weighted by Gasteiger charge is 2.36. The van der Waals surface area contributed by atoms with E-state index in [1.165, 1.54) is 24.3 Å². The molecule has 5 N–H and O–H groups in total. The summed E-state index contributed by atoms with van der Waals surface area (Å²) in [7, 11) is 0. The first kappa shape index (κ1) is 50.0. The van der Waals surface area contributed by atoms with Crippen molar-refractivity contribution in [2.75, 3.05) is 25.0 Å². The van der Waals surface area contributed by atoms with Gasteiger partial charge in [-0.15, -0.1) is 5.10 Å². The maximum absolute atomic E-state index is 14.0. The molecule has 0 radical (unpaired) electrons. The van der Waals surface area contributed by atoms with Crippen molar-refractivity contribution in [3.63, 3.8) is 0 Å². The summed E-state index contributed by atoms with van der Waals surface area (Å²) >= 11 is 0. The molecule has 6 rings (SSSR count). The lowest BCUT2D eigenvalue weighted by Crippen LogP contribution is -2.48. The summed E-state index contributed by atoms with van der Waals surface area (Å²) in [5.41, 5.74) is 3.46. The van der Waals surface area contributed by atoms with Crippen LogP contribution in [0.25, 0.3) is 22.5 Å². The van der Waals surface area contributed by atoms with Gasteiger partial charge in [0.1, 0.15) is 17.2 Å². The molecule has 360 valence electrons. The standard InChI is InChI=1S/C49H61F3N8O7/c1-29-26-35(42(62)54-37-22-24-60(25-23-37)46(65)67-48(5,6)7)18-21-38(29)32-12-8-30(9-13-32)27-39(56-41(61)34-14-10-31(11-15-34)28-53-45(64)66-47(2,3)4)43(63)55-36-19-16-33(17-20-36)40-57-44(59-58-40)49(50,51)52/h8-9,12-13,16-21,26,31,34,37,39H,10-11,14-15,22-25,27-28H2,1-7H3,(H,53,64)(H,54,62)(H,55,63)(H,56,61)(H,57,58,59)/t31-,34-,39-/m0/s1. The minimum Gasteiger partial charge on any atom is -0.444 e. The molecule has 1 aromatic heterocycles. The van der Waals surface area contributed by atoms with Gasteiger partial charge in [0.2, 0.25) is 11.8 Å². The van der Waals surface area contributed by atoms with Crippen LogP contribution in [0, 0.1) is 18.8 Å². The number of amides is 5. The number of H-pyrrole nitrogens is 1. The lowest BCUT2D eigenvalue weighted by atomic mass is 9.81. The fraction of sp³-hybridized carbons (Fsp3) is 0.490. The lowest BCUT2D eigenvalue weighted by molar-refractivity contribution is -0.144. The molecular weight excluding hydrogens is 870 g/mol. The third kappa shape index (κ3) is 14.5. The second-order valence-electron chi connectivity index (χ2n) is 19.4. The smallest absolute Gasteiger partial charge is 0.444 e. The number of alkyl halides is 3. The third-order valence-electron chi connectivity index (χ3n) is 11.6. The van der Waals surface area contributed by atoms with Gasteiger partial charge >= 0.3 is 18.4 Å². The second-order valence-corrected chi connectivity index (χ2v) is 19.4. The Hall–Kier alpha value is -6.46. The number of benzene rings is 3. The van der Waals surface area contributed by atoms with Gasteiger partial charge in [-0.05, 0) is 152 Å². The molecule has 0 unspecified atom stereocenters. The first-order chi connectivity index (χ1) is 31.5. The molecule has 2 aliphatic rings. The molecule has 67 heavy (non-hydrogen) atoms. The van der Waals surface area contributed by atoms with Crippen molar-refractivity contribution in [1.82, 2.24) is 36.0 Å². The molecule has 5 amide bonds. The Morgan fingerprint density at radius 1 is 0.806 bits per heavy atom. The summed E-state index contributed by atoms with van der Waals surface area (Å²) in [6, 6.07) is 18.1. The van der Waals surface area contributed by atoms with Crippen LogP contribution in [-0.2, 0) is 31.7 Å². The molecule has 18 heteroatoms. The minimum absolute atomic E-state index is 0.0757. The van der Waals surface area contributed by atoms with E-state index in [1.54, 1.807) is 31.7 Å². The lowest BCUT2D eigenvalue weighted by Gasteiger charge is -2.33. The molecule has 1 saturated heterocycles. The second kappa shape index (κ2) is 21.0. The molecule has 1 atom stereocenters. The van der Waals surface area contributed by atoms with Gasteiger partial charge in [0.15, 0.2) is 5.82 Å². The number of aromatic nitrogens is 3. The zero-order chi connectivity index (χ0) is 48.7. The van der Waals surface area contributed by atoms with Gasteiger partial charge in [0.05, 0.1) is 0 Å². The Morgan fingerprint density at radius 2 is 1.43 bits per heavy atom. The van der Waals surface area contributed by atoms with Gasteiger partial charge in [-0.1, -0.05) is 30.3 Å². The van der Waals surface area contributed by atoms with Crippen molar-refractivity contribution in [2.45, 2.75) is 123 Å². The van der Waals surface area contributed by atoms with Gasteiger partial charge in [0, 0.05) is 54.8 Å². The number of nitrogens with zero attached hydrogens (tertiary/aromatic N) is 3. The van der Waals surface area contributed by atoms with Crippen molar-refractivity contribution in [1.29, 1.82) is 0 Å². The Morgan fingerprint density at radius 3 is 2.01 bits per heavy atom. The number of carbonyl (C=O) groups is 5. The van der Waals surface area contributed by atoms with Crippen LogP contribution < -0.4 is 21.3 Å². The van der Waals surface area contributed by atoms with Crippen LogP contribution >= 0.6 is 0 Å². The molecule has 1 aliphatic heterocycles. The fourth-order valence-electron chi connectivity index (χ4n) is 8.11. The van der Waals surface area contributed by atoms with Crippen LogP contribution in [0.3, 0.4) is 0 Å². The zero-order valence-corrected chi connectivity index (χ0v) is 39.1. The topological polar surface area (TPSA) is 197 Å². The number of carbonyl (C=O) groups excluding carboxylic acids is 5. The normalized spacial score (nSPS) is 17.5. The highest BCUT2D eigenvalue weighted by atomic mass is 19.4. The Kier molecular flexibility index (Phi) is 15.7. The summed E-state index contributed by atoms with van der Waals surface area (Å²) in [5, 5.41) is 17.3. The van der Waals surface area contributed by atoms with Gasteiger partial charge in [0.25, 0.3) is 11.7 Å². The van der Waals surface area contributed by atoms with Gasteiger partial charge < -0.3 is 35.6 Å². The van der Waals surface area contributed by atoms with Crippen LogP contribution in [0.15, 0.2) is 66.7 Å². The molecule has 0 spiro atoms. The number of aromatic amines is 1. The summed E-state index contributed by atoms with van der Waals surface area (Å²) in [6.07, 6.45) is -1.61. The van der Waals surface area contributed by atoms with E-state index in [0.717, 1.165) is 22.3 Å². The Labute approximate surface area is 388 Å². The van der Waals surface area contributed by atoms with Crippen LogP contribution in [0.5, 0.6) is 0 Å². The number of aryl methyl sites for hydroxylation is 1. The van der Waals surface area contributed by atoms with Crippen molar-refractivity contribution in [2.24, 2.45) is 11.8 Å². The van der Waals surface area contributed by atoms with E-state index in [9.17, 15) is 37.1 Å². The molecular formula is C49H61F3N8O7. The Balaban J connectivity index is 1.09. The van der Waals surface area contributed by atoms with Crippen molar-refractivity contribution in [3.8, 4) is 22.5 Å². The molecule has 0 bridgehead atoms. The maximum atomic E-state index is 14.0. The average Bonchev–Trinajstić information content (AvgIpc) is 3.77. The van der Waals surface area contributed by atoms with Gasteiger partial charge in [-0.3, -0.25) is 19.5 Å². The number of piperidine rings is 1. The van der Waals surface area contributed by atoms with E-state index in [0.29, 0.717) is 75.0 Å². The minimum atomic E-state index is -4.71. The van der Waals surface area contributed by atoms with Crippen molar-refractivity contribution < 1.29 is 46.6 Å². The summed E-state index contributed by atoms with van der Waals surface area (Å²) < 4.78 is 50.1. The van der Waals surface area contributed by atoms with E-state index >= 15 is 0 Å². The van der Waals surface area contributed by atoms with E-state index in [2.05, 4.69) is 36.4 Å². The first-order valence-electron chi connectivity index (χ1n) is 22.7. The van der Waals surface area contributed by atoms with E-state index in [4.69, 9.17) is 9.47 Å². The molecule has 1 aliphatic carbocycles. The van der Waals surface area contributed by atoms with Crippen LogP contribution in [0.1, 0.15) is 107 Å². The SMILES string of the molecule is Cc1cc(C(=O)NC2CCN(C(=O)OC(C)(C)C)CC2)ccc1-c1ccc(C[C@H](NC(=O)[C@H]2CC[C@H](CNC(=O)OC(C)(C)C)CC2)C(=O)Nc2ccc(-c3nc(C(F)(F)F)n[nH]3)cc2)cc1. The average molecular weight is 931 g/mol. The van der Waals surface area contributed by atoms with Crippen LogP contribution in [0.4, 0.5) is 28.4 Å². The molecule has 4 aromatic rings. The monoisotopic (exact) mass is 930 g/mol. The molecule has 2 fully saturated rings. The summed E-state index contributed by atoms with van der Waals surface area (Å²) in [5.74, 6) is -2.49. The number of likely N-dealkylation sites (tertiary alicyclic amines) is 1. The first-order valence-corrected chi connectivity index (χ1v) is 22.7. The predicted molar refractivity (Wildman–Crippen MR) is 246 cm³/mol. The zero-order valence-electron chi connectivity index (χ0n) is 39.1. The number of nitrogens with one attached hydrogen (secondary N) is 5. The predicted octanol–water partition coefficient (Wildman–Crippen LogP) is 8.59. The molecule has 15 nitrogen and oxygen atoms in total. The number of alkyl carbamates (subject to hydrolysis) is 1. The summed E-state index contributed by atoms with van der Waals surface area (Å²) in [4.78, 5) is 70.9. The number of anilines is 1. The van der Waals surface area contributed by atoms with E-state index < -0.39 is 41.2 Å². The molecule has 1 saturated carbocycles. The molecule has 2 heterocycles. The third-order valence-corrected chi connectivity index (χ3v) is 11.6. The van der Waals surface area contributed by atoms with E-state index in [1.807, 2.05) is 64.1 Å². The number of halogens is 3. The fourth-order valence-corrected chi connectivity index (χ4v) is 8.11. The van der Waals surface area contributed by atoms with Gasteiger partial charge in [-0.25, -0.2) is 14.6 Å². The van der Waals surface area contributed by atoms with Gasteiger partial charge in [-0.2, -0.15) is 13.2 Å². The highest BCUT2D eigenvalue weighted by molar-refractivity contribution is 5.98. The number of ether oxygens (including phenoxy) is 2. The van der Waals surface area contributed by atoms with Crippen molar-refractivity contribution >= 4 is 35.6 Å². The quantitative estimate of drug-likeness (QED) is 0.0924.